The fourth-order valence-electron chi connectivity index (χ4n) is 3.14. The number of nitrogens with two attached hydrogens (primary N) is 1. The van der Waals surface area contributed by atoms with Crippen LogP contribution in [-0.2, 0) is 6.54 Å². The van der Waals surface area contributed by atoms with Gasteiger partial charge < -0.3 is 10.2 Å². The van der Waals surface area contributed by atoms with Gasteiger partial charge >= 0.3 is 0 Å². The average Bonchev–Trinajstić information content (AvgIpc) is 3.02. The van der Waals surface area contributed by atoms with Crippen LogP contribution in [0.15, 0.2) is 9.64 Å². The Morgan fingerprint density at radius 2 is 2.25 bits per heavy atom. The van der Waals surface area contributed by atoms with E-state index in [1.54, 1.807) is 11.8 Å². The molecule has 3 atom stereocenters. The first-order valence-corrected chi connectivity index (χ1v) is 6.99. The standard InChI is InChI=1S/C11H17N3OS/c12-5-10-13-14-11(15-10)16-6-9-4-7-1-2-8(9)3-7/h7-9H,1-6,12H2. The van der Waals surface area contributed by atoms with E-state index < -0.39 is 0 Å². The highest BCUT2D eigenvalue weighted by molar-refractivity contribution is 7.99. The Labute approximate surface area is 99.4 Å². The van der Waals surface area contributed by atoms with Crippen LogP contribution >= 0.6 is 11.8 Å². The van der Waals surface area contributed by atoms with Crippen LogP contribution in [-0.4, -0.2) is 16.0 Å². The summed E-state index contributed by atoms with van der Waals surface area (Å²) in [4.78, 5) is 0. The van der Waals surface area contributed by atoms with Crippen molar-refractivity contribution in [1.82, 2.24) is 10.2 Å². The van der Waals surface area contributed by atoms with Crippen LogP contribution < -0.4 is 5.73 Å². The molecule has 4 nitrogen and oxygen atoms in total. The number of nitrogens with zero attached hydrogens (tertiary/aromatic N) is 2. The normalized spacial score (nSPS) is 32.4. The van der Waals surface area contributed by atoms with E-state index in [0.29, 0.717) is 17.7 Å². The molecule has 0 radical (unpaired) electrons. The Hall–Kier alpha value is -0.550. The number of aromatic nitrogens is 2. The maximum atomic E-state index is 5.43. The molecule has 16 heavy (non-hydrogen) atoms. The molecule has 2 N–H and O–H groups in total. The van der Waals surface area contributed by atoms with E-state index in [2.05, 4.69) is 10.2 Å². The van der Waals surface area contributed by atoms with Crippen LogP contribution in [0.1, 0.15) is 31.6 Å². The van der Waals surface area contributed by atoms with Gasteiger partial charge in [0.2, 0.25) is 5.89 Å². The zero-order valence-electron chi connectivity index (χ0n) is 9.26. The second kappa shape index (κ2) is 4.37. The van der Waals surface area contributed by atoms with Gasteiger partial charge in [-0.15, -0.1) is 10.2 Å². The molecule has 1 heterocycles. The average molecular weight is 239 g/mol. The van der Waals surface area contributed by atoms with Crippen molar-refractivity contribution >= 4 is 11.8 Å². The summed E-state index contributed by atoms with van der Waals surface area (Å²) < 4.78 is 5.39. The second-order valence-electron chi connectivity index (χ2n) is 4.91. The van der Waals surface area contributed by atoms with Gasteiger partial charge in [0.1, 0.15) is 0 Å². The lowest BCUT2D eigenvalue weighted by atomic mass is 9.90. The molecule has 1 aromatic rings. The summed E-state index contributed by atoms with van der Waals surface area (Å²) in [5, 5.41) is 8.53. The van der Waals surface area contributed by atoms with E-state index in [1.807, 2.05) is 0 Å². The van der Waals surface area contributed by atoms with E-state index in [-0.39, 0.29) is 0 Å². The molecule has 0 amide bonds. The van der Waals surface area contributed by atoms with Gasteiger partial charge in [0, 0.05) is 5.75 Å². The predicted octanol–water partition coefficient (Wildman–Crippen LogP) is 2.06. The number of thioether (sulfide) groups is 1. The Morgan fingerprint density at radius 3 is 2.88 bits per heavy atom. The monoisotopic (exact) mass is 239 g/mol. The highest BCUT2D eigenvalue weighted by Gasteiger charge is 2.39. The van der Waals surface area contributed by atoms with E-state index in [4.69, 9.17) is 10.2 Å². The maximum absolute atomic E-state index is 5.43. The molecule has 0 spiro atoms. The van der Waals surface area contributed by atoms with Crippen molar-refractivity contribution < 1.29 is 4.42 Å². The van der Waals surface area contributed by atoms with E-state index in [1.165, 1.54) is 25.7 Å². The van der Waals surface area contributed by atoms with Gasteiger partial charge in [0.15, 0.2) is 0 Å². The fraction of sp³-hybridized carbons (Fsp3) is 0.818. The highest BCUT2D eigenvalue weighted by atomic mass is 32.2. The molecule has 0 saturated heterocycles. The summed E-state index contributed by atoms with van der Waals surface area (Å²) in [5.41, 5.74) is 5.43. The fourth-order valence-corrected chi connectivity index (χ4v) is 4.16. The Morgan fingerprint density at radius 1 is 1.31 bits per heavy atom. The minimum Gasteiger partial charge on any atom is -0.415 e. The largest absolute Gasteiger partial charge is 0.415 e. The quantitative estimate of drug-likeness (QED) is 0.815. The van der Waals surface area contributed by atoms with E-state index >= 15 is 0 Å². The summed E-state index contributed by atoms with van der Waals surface area (Å²) in [6.07, 6.45) is 5.77. The van der Waals surface area contributed by atoms with Gasteiger partial charge in [-0.2, -0.15) is 0 Å². The zero-order chi connectivity index (χ0) is 11.0. The van der Waals surface area contributed by atoms with Crippen molar-refractivity contribution in [2.45, 2.75) is 37.5 Å². The molecular weight excluding hydrogens is 222 g/mol. The lowest BCUT2D eigenvalue weighted by molar-refractivity contribution is 0.363. The van der Waals surface area contributed by atoms with Gasteiger partial charge in [-0.1, -0.05) is 18.2 Å². The van der Waals surface area contributed by atoms with Gasteiger partial charge in [-0.3, -0.25) is 0 Å². The molecule has 5 heteroatoms. The Bertz CT molecular complexity index is 368. The van der Waals surface area contributed by atoms with Crippen molar-refractivity contribution in [2.24, 2.45) is 23.5 Å². The lowest BCUT2D eigenvalue weighted by Crippen LogP contribution is -2.12. The first kappa shape index (κ1) is 10.6. The molecule has 2 fully saturated rings. The van der Waals surface area contributed by atoms with Crippen LogP contribution in [0.25, 0.3) is 0 Å². The molecule has 2 aliphatic rings. The van der Waals surface area contributed by atoms with Gasteiger partial charge in [-0.05, 0) is 37.0 Å². The minimum atomic E-state index is 0.335. The van der Waals surface area contributed by atoms with Crippen molar-refractivity contribution in [3.05, 3.63) is 5.89 Å². The number of hydrogen-bond donors (Lipinski definition) is 1. The summed E-state index contributed by atoms with van der Waals surface area (Å²) >= 11 is 1.70. The lowest BCUT2D eigenvalue weighted by Gasteiger charge is -2.19. The minimum absolute atomic E-state index is 0.335. The number of hydrogen-bond acceptors (Lipinski definition) is 5. The van der Waals surface area contributed by atoms with Crippen molar-refractivity contribution in [3.63, 3.8) is 0 Å². The Kier molecular flexibility index (Phi) is 2.90. The van der Waals surface area contributed by atoms with Crippen molar-refractivity contribution in [2.75, 3.05) is 5.75 Å². The van der Waals surface area contributed by atoms with Crippen LogP contribution in [0.5, 0.6) is 0 Å². The zero-order valence-corrected chi connectivity index (χ0v) is 10.1. The van der Waals surface area contributed by atoms with Gasteiger partial charge in [0.05, 0.1) is 6.54 Å². The summed E-state index contributed by atoms with van der Waals surface area (Å²) in [6.45, 7) is 0.335. The topological polar surface area (TPSA) is 64.9 Å². The smallest absolute Gasteiger partial charge is 0.276 e. The molecule has 88 valence electrons. The van der Waals surface area contributed by atoms with Crippen LogP contribution in [0.3, 0.4) is 0 Å². The Balaban J connectivity index is 1.53. The van der Waals surface area contributed by atoms with E-state index in [9.17, 15) is 0 Å². The van der Waals surface area contributed by atoms with Crippen molar-refractivity contribution in [1.29, 1.82) is 0 Å². The first-order valence-electron chi connectivity index (χ1n) is 6.00. The maximum Gasteiger partial charge on any atom is 0.276 e. The molecule has 0 aromatic carbocycles. The summed E-state index contributed by atoms with van der Waals surface area (Å²) in [5.74, 6) is 4.52. The molecular formula is C11H17N3OS. The number of fused-ring (bicyclic) bond motifs is 2. The summed E-state index contributed by atoms with van der Waals surface area (Å²) in [7, 11) is 0. The van der Waals surface area contributed by atoms with Crippen LogP contribution in [0.4, 0.5) is 0 Å². The van der Waals surface area contributed by atoms with Crippen molar-refractivity contribution in [3.8, 4) is 0 Å². The predicted molar refractivity (Wildman–Crippen MR) is 61.9 cm³/mol. The molecule has 2 aliphatic carbocycles. The molecule has 0 aliphatic heterocycles. The highest BCUT2D eigenvalue weighted by Crippen LogP contribution is 2.49. The van der Waals surface area contributed by atoms with Gasteiger partial charge in [0.25, 0.3) is 5.22 Å². The third-order valence-electron chi connectivity index (χ3n) is 3.93. The second-order valence-corrected chi connectivity index (χ2v) is 5.88. The molecule has 1 aromatic heterocycles. The first-order chi connectivity index (χ1) is 7.85. The third kappa shape index (κ3) is 1.98. The summed E-state index contributed by atoms with van der Waals surface area (Å²) in [6, 6.07) is 0. The molecule has 3 rings (SSSR count). The molecule has 2 bridgehead atoms. The van der Waals surface area contributed by atoms with Crippen LogP contribution in [0, 0.1) is 17.8 Å². The van der Waals surface area contributed by atoms with E-state index in [0.717, 1.165) is 23.5 Å². The third-order valence-corrected chi connectivity index (χ3v) is 4.94. The molecule has 2 saturated carbocycles. The van der Waals surface area contributed by atoms with Crippen LogP contribution in [0.2, 0.25) is 0 Å². The molecule has 3 unspecified atom stereocenters. The van der Waals surface area contributed by atoms with Gasteiger partial charge in [-0.25, -0.2) is 0 Å². The SMILES string of the molecule is NCc1nnc(SCC2CC3CCC2C3)o1. The number of rotatable bonds is 4.